The lowest BCUT2D eigenvalue weighted by Gasteiger charge is -2.09. The van der Waals surface area contributed by atoms with Crippen molar-refractivity contribution in [3.8, 4) is 11.5 Å². The number of nitrogens with zero attached hydrogens (tertiary/aromatic N) is 4. The molecule has 3 aromatic rings. The number of aromatic nitrogens is 5. The minimum absolute atomic E-state index is 0.0685. The molecular formula is C18H22N6OS. The molecule has 0 spiro atoms. The number of benzene rings is 1. The van der Waals surface area contributed by atoms with Gasteiger partial charge in [-0.2, -0.15) is 5.10 Å². The number of nitrogens with one attached hydrogen (secondary N) is 2. The molecule has 0 saturated heterocycles. The van der Waals surface area contributed by atoms with E-state index in [1.807, 2.05) is 41.8 Å². The first kappa shape index (κ1) is 18.2. The Morgan fingerprint density at radius 2 is 2.00 bits per heavy atom. The molecule has 136 valence electrons. The third-order valence-corrected chi connectivity index (χ3v) is 4.93. The summed E-state index contributed by atoms with van der Waals surface area (Å²) >= 11 is 1.37. The zero-order valence-corrected chi connectivity index (χ0v) is 15.9. The van der Waals surface area contributed by atoms with Crippen LogP contribution in [0.1, 0.15) is 32.3 Å². The van der Waals surface area contributed by atoms with Crippen molar-refractivity contribution in [2.24, 2.45) is 0 Å². The summed E-state index contributed by atoms with van der Waals surface area (Å²) in [6.07, 6.45) is 1.68. The molecule has 2 N–H and O–H groups in total. The lowest BCUT2D eigenvalue weighted by Crippen LogP contribution is -2.14. The fourth-order valence-corrected chi connectivity index (χ4v) is 3.34. The molecule has 0 aliphatic carbocycles. The number of amides is 1. The highest BCUT2D eigenvalue weighted by Crippen LogP contribution is 2.23. The predicted molar refractivity (Wildman–Crippen MR) is 103 cm³/mol. The Morgan fingerprint density at radius 1 is 1.23 bits per heavy atom. The highest BCUT2D eigenvalue weighted by molar-refractivity contribution is 7.99. The lowest BCUT2D eigenvalue weighted by atomic mass is 10.0. The van der Waals surface area contributed by atoms with Gasteiger partial charge in [-0.3, -0.25) is 9.89 Å². The zero-order valence-electron chi connectivity index (χ0n) is 15.1. The number of rotatable bonds is 7. The van der Waals surface area contributed by atoms with E-state index in [0.717, 1.165) is 17.2 Å². The van der Waals surface area contributed by atoms with Gasteiger partial charge in [-0.1, -0.05) is 37.7 Å². The van der Waals surface area contributed by atoms with Crippen LogP contribution < -0.4 is 5.32 Å². The van der Waals surface area contributed by atoms with Crippen molar-refractivity contribution in [2.75, 3.05) is 11.1 Å². The number of hydrogen-bond donors (Lipinski definition) is 2. The summed E-state index contributed by atoms with van der Waals surface area (Å²) < 4.78 is 1.96. The van der Waals surface area contributed by atoms with Gasteiger partial charge in [0.05, 0.1) is 5.75 Å². The van der Waals surface area contributed by atoms with E-state index in [0.29, 0.717) is 17.6 Å². The number of thioether (sulfide) groups is 1. The van der Waals surface area contributed by atoms with Crippen LogP contribution in [0.25, 0.3) is 11.5 Å². The Bertz CT molecular complexity index is 854. The van der Waals surface area contributed by atoms with Crippen LogP contribution in [0.2, 0.25) is 0 Å². The van der Waals surface area contributed by atoms with Gasteiger partial charge in [-0.25, -0.2) is 0 Å². The molecule has 2 aromatic heterocycles. The summed E-state index contributed by atoms with van der Waals surface area (Å²) in [7, 11) is 0. The van der Waals surface area contributed by atoms with Crippen molar-refractivity contribution >= 4 is 23.4 Å². The van der Waals surface area contributed by atoms with Gasteiger partial charge in [-0.15, -0.1) is 10.2 Å². The Kier molecular flexibility index (Phi) is 5.72. The highest BCUT2D eigenvalue weighted by atomic mass is 32.2. The zero-order chi connectivity index (χ0) is 18.5. The Labute approximate surface area is 156 Å². The van der Waals surface area contributed by atoms with E-state index in [4.69, 9.17) is 0 Å². The minimum atomic E-state index is -0.0685. The highest BCUT2D eigenvalue weighted by Gasteiger charge is 2.15. The van der Waals surface area contributed by atoms with Gasteiger partial charge in [0, 0.05) is 18.4 Å². The van der Waals surface area contributed by atoms with E-state index >= 15 is 0 Å². The summed E-state index contributed by atoms with van der Waals surface area (Å²) in [6, 6.07) is 9.79. The fourth-order valence-electron chi connectivity index (χ4n) is 2.54. The molecule has 0 radical (unpaired) electrons. The van der Waals surface area contributed by atoms with Gasteiger partial charge in [0.2, 0.25) is 5.91 Å². The molecule has 7 nitrogen and oxygen atoms in total. The fraction of sp³-hybridized carbons (Fsp3) is 0.333. The average Bonchev–Trinajstić information content (AvgIpc) is 3.29. The first-order valence-electron chi connectivity index (χ1n) is 8.54. The van der Waals surface area contributed by atoms with E-state index in [1.165, 1.54) is 17.3 Å². The maximum Gasteiger partial charge on any atom is 0.234 e. The van der Waals surface area contributed by atoms with Crippen LogP contribution in [-0.2, 0) is 11.3 Å². The van der Waals surface area contributed by atoms with Crippen molar-refractivity contribution in [1.82, 2.24) is 25.0 Å². The van der Waals surface area contributed by atoms with Crippen molar-refractivity contribution in [1.29, 1.82) is 0 Å². The van der Waals surface area contributed by atoms with Crippen LogP contribution in [0.5, 0.6) is 0 Å². The summed E-state index contributed by atoms with van der Waals surface area (Å²) in [5.41, 5.74) is 2.86. The Morgan fingerprint density at radius 3 is 2.62 bits per heavy atom. The maximum atomic E-state index is 12.2. The van der Waals surface area contributed by atoms with Crippen LogP contribution in [0.15, 0.2) is 41.7 Å². The monoisotopic (exact) mass is 370 g/mol. The molecule has 0 saturated carbocycles. The largest absolute Gasteiger partial charge is 0.325 e. The third-order valence-electron chi connectivity index (χ3n) is 3.97. The summed E-state index contributed by atoms with van der Waals surface area (Å²) in [6.45, 7) is 7.02. The number of aromatic amines is 1. The van der Waals surface area contributed by atoms with Crippen molar-refractivity contribution in [2.45, 2.75) is 38.4 Å². The second kappa shape index (κ2) is 8.18. The molecule has 0 aliphatic rings. The summed E-state index contributed by atoms with van der Waals surface area (Å²) in [5, 5.41) is 18.9. The molecule has 1 amide bonds. The molecule has 8 heteroatoms. The molecule has 0 unspecified atom stereocenters. The van der Waals surface area contributed by atoms with Gasteiger partial charge < -0.3 is 9.88 Å². The normalized spacial score (nSPS) is 11.1. The summed E-state index contributed by atoms with van der Waals surface area (Å²) in [4.78, 5) is 12.2. The molecule has 3 rings (SSSR count). The number of H-pyrrole nitrogens is 1. The number of carbonyl (C=O) groups is 1. The first-order valence-corrected chi connectivity index (χ1v) is 9.52. The van der Waals surface area contributed by atoms with Gasteiger partial charge in [0.25, 0.3) is 0 Å². The van der Waals surface area contributed by atoms with Crippen molar-refractivity contribution in [3.05, 3.63) is 42.1 Å². The van der Waals surface area contributed by atoms with Crippen LogP contribution in [0, 0.1) is 0 Å². The number of anilines is 1. The first-order chi connectivity index (χ1) is 12.6. The van der Waals surface area contributed by atoms with Gasteiger partial charge in [-0.05, 0) is 36.6 Å². The standard InChI is InChI=1S/C18H22N6OS/c1-4-24-17(15-9-10-19-21-15)22-23-18(24)26-11-16(25)20-14-7-5-13(6-8-14)12(2)3/h5-10,12H,4,11H2,1-3H3,(H,19,21)(H,20,25). The van der Waals surface area contributed by atoms with Crippen molar-refractivity contribution < 1.29 is 4.79 Å². The third kappa shape index (κ3) is 4.13. The average molecular weight is 370 g/mol. The molecule has 0 atom stereocenters. The molecule has 0 fully saturated rings. The topological polar surface area (TPSA) is 88.5 Å². The van der Waals surface area contributed by atoms with Gasteiger partial charge in [0.15, 0.2) is 11.0 Å². The van der Waals surface area contributed by atoms with Crippen LogP contribution in [0.4, 0.5) is 5.69 Å². The van der Waals surface area contributed by atoms with E-state index < -0.39 is 0 Å². The van der Waals surface area contributed by atoms with Gasteiger partial charge in [0.1, 0.15) is 5.69 Å². The van der Waals surface area contributed by atoms with E-state index in [9.17, 15) is 4.79 Å². The molecular weight excluding hydrogens is 348 g/mol. The summed E-state index contributed by atoms with van der Waals surface area (Å²) in [5.74, 6) is 1.39. The molecule has 2 heterocycles. The molecule has 0 aliphatic heterocycles. The predicted octanol–water partition coefficient (Wildman–Crippen LogP) is 3.54. The van der Waals surface area contributed by atoms with Crippen LogP contribution in [0.3, 0.4) is 0 Å². The Balaban J connectivity index is 1.61. The second-order valence-electron chi connectivity index (χ2n) is 6.13. The minimum Gasteiger partial charge on any atom is -0.325 e. The Hall–Kier alpha value is -2.61. The molecule has 0 bridgehead atoms. The lowest BCUT2D eigenvalue weighted by molar-refractivity contribution is -0.113. The van der Waals surface area contributed by atoms with Gasteiger partial charge >= 0.3 is 0 Å². The van der Waals surface area contributed by atoms with E-state index in [-0.39, 0.29) is 11.7 Å². The smallest absolute Gasteiger partial charge is 0.234 e. The van der Waals surface area contributed by atoms with Crippen molar-refractivity contribution in [3.63, 3.8) is 0 Å². The number of carbonyl (C=O) groups excluding carboxylic acids is 1. The molecule has 26 heavy (non-hydrogen) atoms. The second-order valence-corrected chi connectivity index (χ2v) is 7.08. The number of hydrogen-bond acceptors (Lipinski definition) is 5. The SMILES string of the molecule is CCn1c(SCC(=O)Nc2ccc(C(C)C)cc2)nnc1-c1ccn[nH]1. The van der Waals surface area contributed by atoms with E-state index in [2.05, 4.69) is 39.6 Å². The maximum absolute atomic E-state index is 12.2. The quantitative estimate of drug-likeness (QED) is 0.621. The van der Waals surface area contributed by atoms with Crippen LogP contribution in [-0.4, -0.2) is 36.6 Å². The van der Waals surface area contributed by atoms with E-state index in [1.54, 1.807) is 6.20 Å². The van der Waals surface area contributed by atoms with Crippen LogP contribution >= 0.6 is 11.8 Å². The molecule has 1 aromatic carbocycles.